The molecule has 0 aliphatic carbocycles. The van der Waals surface area contributed by atoms with E-state index in [0.29, 0.717) is 13.0 Å². The van der Waals surface area contributed by atoms with Gasteiger partial charge in [0, 0.05) is 25.3 Å². The first kappa shape index (κ1) is 17.4. The van der Waals surface area contributed by atoms with Crippen LogP contribution in [0.5, 0.6) is 0 Å². The molecule has 0 fully saturated rings. The molecule has 1 aromatic carbocycles. The molecule has 0 heterocycles. The Kier molecular flexibility index (Phi) is 6.55. The number of urea groups is 1. The minimum atomic E-state index is -0.610. The molecule has 21 heavy (non-hydrogen) atoms. The topological polar surface area (TPSA) is 61.4 Å². The Morgan fingerprint density at radius 1 is 1.24 bits per heavy atom. The number of hydrogen-bond donors (Lipinski definition) is 3. The lowest BCUT2D eigenvalue weighted by Gasteiger charge is -2.23. The van der Waals surface area contributed by atoms with Gasteiger partial charge in [-0.05, 0) is 30.4 Å². The summed E-state index contributed by atoms with van der Waals surface area (Å²) in [7, 11) is 0. The van der Waals surface area contributed by atoms with Gasteiger partial charge in [-0.15, -0.1) is 0 Å². The molecule has 1 rings (SSSR count). The molecular weight excluding hydrogens is 278 g/mol. The zero-order valence-electron chi connectivity index (χ0n) is 12.4. The van der Waals surface area contributed by atoms with Crippen LogP contribution in [0.4, 0.5) is 13.6 Å². The summed E-state index contributed by atoms with van der Waals surface area (Å²) < 4.78 is 26.7. The molecule has 0 radical (unpaired) electrons. The van der Waals surface area contributed by atoms with Crippen molar-refractivity contribution in [3.63, 3.8) is 0 Å². The molecule has 0 aromatic heterocycles. The van der Waals surface area contributed by atoms with Gasteiger partial charge in [-0.2, -0.15) is 0 Å². The van der Waals surface area contributed by atoms with E-state index < -0.39 is 17.7 Å². The second-order valence-corrected chi connectivity index (χ2v) is 5.70. The molecule has 0 unspecified atom stereocenters. The van der Waals surface area contributed by atoms with Gasteiger partial charge in [-0.25, -0.2) is 13.6 Å². The summed E-state index contributed by atoms with van der Waals surface area (Å²) in [5.41, 5.74) is -0.234. The summed E-state index contributed by atoms with van der Waals surface area (Å²) in [6.45, 7) is 4.47. The maximum absolute atomic E-state index is 13.4. The Balaban J connectivity index is 2.34. The summed E-state index contributed by atoms with van der Waals surface area (Å²) in [6, 6.07) is 3.29. The van der Waals surface area contributed by atoms with E-state index in [-0.39, 0.29) is 30.6 Å². The second kappa shape index (κ2) is 7.93. The van der Waals surface area contributed by atoms with Crippen LogP contribution < -0.4 is 10.6 Å². The van der Waals surface area contributed by atoms with E-state index in [2.05, 4.69) is 10.6 Å². The quantitative estimate of drug-likeness (QED) is 0.723. The highest BCUT2D eigenvalue weighted by atomic mass is 19.1. The van der Waals surface area contributed by atoms with Gasteiger partial charge in [-0.3, -0.25) is 0 Å². The lowest BCUT2D eigenvalue weighted by Crippen LogP contribution is -2.41. The molecule has 0 aliphatic heterocycles. The summed E-state index contributed by atoms with van der Waals surface area (Å²) in [6.07, 6.45) is 0.666. The molecule has 1 aromatic rings. The fourth-order valence-corrected chi connectivity index (χ4v) is 1.85. The monoisotopic (exact) mass is 300 g/mol. The number of nitrogens with one attached hydrogen (secondary N) is 2. The molecule has 3 N–H and O–H groups in total. The van der Waals surface area contributed by atoms with Crippen molar-refractivity contribution in [2.75, 3.05) is 19.7 Å². The predicted octanol–water partition coefficient (Wildman–Crippen LogP) is 2.22. The highest BCUT2D eigenvalue weighted by Crippen LogP contribution is 2.17. The summed E-state index contributed by atoms with van der Waals surface area (Å²) >= 11 is 0. The van der Waals surface area contributed by atoms with Gasteiger partial charge in [0.15, 0.2) is 0 Å². The van der Waals surface area contributed by atoms with Gasteiger partial charge < -0.3 is 15.7 Å². The third kappa shape index (κ3) is 6.08. The van der Waals surface area contributed by atoms with E-state index in [0.717, 1.165) is 0 Å². The molecule has 0 spiro atoms. The number of hydrogen-bond acceptors (Lipinski definition) is 2. The molecule has 0 bridgehead atoms. The number of halogens is 2. The first-order chi connectivity index (χ1) is 9.85. The van der Waals surface area contributed by atoms with E-state index in [1.54, 1.807) is 0 Å². The van der Waals surface area contributed by atoms with Gasteiger partial charge >= 0.3 is 6.03 Å². The first-order valence-corrected chi connectivity index (χ1v) is 6.91. The Hall–Kier alpha value is -1.69. The summed E-state index contributed by atoms with van der Waals surface area (Å²) in [4.78, 5) is 11.6. The van der Waals surface area contributed by atoms with Gasteiger partial charge in [0.1, 0.15) is 11.6 Å². The normalized spacial score (nSPS) is 11.3. The van der Waals surface area contributed by atoms with Crippen LogP contribution in [0.1, 0.15) is 25.8 Å². The zero-order chi connectivity index (χ0) is 15.9. The number of benzene rings is 1. The predicted molar refractivity (Wildman–Crippen MR) is 76.9 cm³/mol. The van der Waals surface area contributed by atoms with Gasteiger partial charge in [0.05, 0.1) is 0 Å². The molecule has 4 nitrogen and oxygen atoms in total. The molecule has 0 atom stereocenters. The van der Waals surface area contributed by atoms with E-state index in [1.807, 2.05) is 13.8 Å². The van der Waals surface area contributed by atoms with Crippen LogP contribution >= 0.6 is 0 Å². The van der Waals surface area contributed by atoms with E-state index >= 15 is 0 Å². The molecular formula is C15H22F2N2O2. The van der Waals surface area contributed by atoms with E-state index in [4.69, 9.17) is 5.11 Å². The van der Waals surface area contributed by atoms with Crippen molar-refractivity contribution in [3.8, 4) is 0 Å². The van der Waals surface area contributed by atoms with Crippen LogP contribution in [0.15, 0.2) is 18.2 Å². The molecule has 118 valence electrons. The Bertz CT molecular complexity index is 458. The SMILES string of the molecule is CC(C)(CCO)CNC(=O)NCCc1c(F)cccc1F. The minimum absolute atomic E-state index is 0.0292. The number of aliphatic hydroxyl groups excluding tert-OH is 1. The zero-order valence-corrected chi connectivity index (χ0v) is 12.4. The van der Waals surface area contributed by atoms with Crippen LogP contribution in [0.3, 0.4) is 0 Å². The largest absolute Gasteiger partial charge is 0.396 e. The minimum Gasteiger partial charge on any atom is -0.396 e. The van der Waals surface area contributed by atoms with Crippen molar-refractivity contribution in [1.29, 1.82) is 0 Å². The van der Waals surface area contributed by atoms with Crippen molar-refractivity contribution in [2.45, 2.75) is 26.7 Å². The number of carbonyl (C=O) groups is 1. The molecule has 6 heteroatoms. The van der Waals surface area contributed by atoms with Crippen LogP contribution in [0.2, 0.25) is 0 Å². The van der Waals surface area contributed by atoms with E-state index in [9.17, 15) is 13.6 Å². The highest BCUT2D eigenvalue weighted by molar-refractivity contribution is 5.73. The van der Waals surface area contributed by atoms with Crippen molar-refractivity contribution < 1.29 is 18.7 Å². The van der Waals surface area contributed by atoms with E-state index in [1.165, 1.54) is 18.2 Å². The van der Waals surface area contributed by atoms with Crippen molar-refractivity contribution in [1.82, 2.24) is 10.6 Å². The van der Waals surface area contributed by atoms with Gasteiger partial charge in [-0.1, -0.05) is 19.9 Å². The third-order valence-electron chi connectivity index (χ3n) is 3.24. The highest BCUT2D eigenvalue weighted by Gasteiger charge is 2.18. The average Bonchev–Trinajstić information content (AvgIpc) is 2.40. The number of aliphatic hydroxyl groups is 1. The molecule has 0 aliphatic rings. The van der Waals surface area contributed by atoms with Crippen LogP contribution in [0.25, 0.3) is 0 Å². The Labute approximate surface area is 123 Å². The van der Waals surface area contributed by atoms with Crippen LogP contribution in [-0.4, -0.2) is 30.8 Å². The second-order valence-electron chi connectivity index (χ2n) is 5.70. The smallest absolute Gasteiger partial charge is 0.314 e. The fourth-order valence-electron chi connectivity index (χ4n) is 1.85. The molecule has 0 saturated heterocycles. The van der Waals surface area contributed by atoms with Crippen LogP contribution in [0, 0.1) is 17.0 Å². The lowest BCUT2D eigenvalue weighted by atomic mass is 9.90. The Morgan fingerprint density at radius 2 is 1.86 bits per heavy atom. The lowest BCUT2D eigenvalue weighted by molar-refractivity contribution is 0.201. The van der Waals surface area contributed by atoms with Crippen molar-refractivity contribution >= 4 is 6.03 Å². The summed E-state index contributed by atoms with van der Waals surface area (Å²) in [5, 5.41) is 14.1. The summed E-state index contributed by atoms with van der Waals surface area (Å²) in [5.74, 6) is -1.22. The Morgan fingerprint density at radius 3 is 2.43 bits per heavy atom. The maximum atomic E-state index is 13.4. The maximum Gasteiger partial charge on any atom is 0.314 e. The third-order valence-corrected chi connectivity index (χ3v) is 3.24. The standard InChI is InChI=1S/C15H22F2N2O2/c1-15(2,7-9-20)10-19-14(21)18-8-6-11-12(16)4-3-5-13(11)17/h3-5,20H,6-10H2,1-2H3,(H2,18,19,21). The molecule has 0 saturated carbocycles. The number of carbonyl (C=O) groups excluding carboxylic acids is 1. The van der Waals surface area contributed by atoms with Gasteiger partial charge in [0.25, 0.3) is 0 Å². The number of amides is 2. The number of rotatable bonds is 7. The fraction of sp³-hybridized carbons (Fsp3) is 0.533. The van der Waals surface area contributed by atoms with Gasteiger partial charge in [0.2, 0.25) is 0 Å². The van der Waals surface area contributed by atoms with Crippen molar-refractivity contribution in [3.05, 3.63) is 35.4 Å². The van der Waals surface area contributed by atoms with Crippen molar-refractivity contribution in [2.24, 2.45) is 5.41 Å². The molecule has 2 amide bonds. The van der Waals surface area contributed by atoms with Crippen LogP contribution in [-0.2, 0) is 6.42 Å². The first-order valence-electron chi connectivity index (χ1n) is 6.91. The average molecular weight is 300 g/mol.